The van der Waals surface area contributed by atoms with Gasteiger partial charge in [0.05, 0.1) is 0 Å². The van der Waals surface area contributed by atoms with E-state index in [1.165, 1.54) is 0 Å². The van der Waals surface area contributed by atoms with E-state index in [-0.39, 0.29) is 50.0 Å². The number of carbonyl (C=O) groups excluding carboxylic acids is 4. The topological polar surface area (TPSA) is 161 Å². The third kappa shape index (κ3) is 58.4. The van der Waals surface area contributed by atoms with E-state index in [0.717, 1.165) is 12.8 Å². The van der Waals surface area contributed by atoms with Crippen LogP contribution < -0.4 is 20.4 Å². The van der Waals surface area contributed by atoms with Gasteiger partial charge in [0.2, 0.25) is 0 Å². The molecule has 168 valence electrons. The molecule has 0 aromatic rings. The van der Waals surface area contributed by atoms with Crippen molar-refractivity contribution in [3.8, 4) is 0 Å². The number of carboxylic acid groups (broad SMARTS) is 2. The zero-order valence-electron chi connectivity index (χ0n) is 18.6. The van der Waals surface area contributed by atoms with E-state index in [1.54, 1.807) is 13.8 Å². The molecule has 0 saturated carbocycles. The van der Waals surface area contributed by atoms with E-state index < -0.39 is 24.8 Å². The Hall–Kier alpha value is -0.917. The van der Waals surface area contributed by atoms with Crippen LogP contribution in [0.5, 0.6) is 0 Å². The van der Waals surface area contributed by atoms with Crippen LogP contribution in [0.4, 0.5) is 0 Å². The Morgan fingerprint density at radius 1 is 0.655 bits per heavy atom. The fourth-order valence-corrected chi connectivity index (χ4v) is 1.06. The Balaban J connectivity index is -0.0000000907. The van der Waals surface area contributed by atoms with Gasteiger partial charge in [-0.2, -0.15) is 0 Å². The summed E-state index contributed by atoms with van der Waals surface area (Å²) in [5, 5.41) is 39.3. The molecule has 0 aromatic carbocycles. The molecule has 0 N–H and O–H groups in total. The number of aliphatic carboxylic acids is 2. The molecule has 0 aromatic heterocycles. The van der Waals surface area contributed by atoms with Crippen LogP contribution in [0.1, 0.15) is 92.9 Å². The summed E-state index contributed by atoms with van der Waals surface area (Å²) in [6.45, 7) is 10.8. The number of hydrogen-bond donors (Lipinski definition) is 0. The summed E-state index contributed by atoms with van der Waals surface area (Å²) >= 11 is 0. The minimum absolute atomic E-state index is 0. The van der Waals surface area contributed by atoms with Crippen LogP contribution in [0.3, 0.4) is 0 Å². The van der Waals surface area contributed by atoms with Crippen LogP contribution in [0.25, 0.3) is 0 Å². The van der Waals surface area contributed by atoms with Crippen molar-refractivity contribution in [2.24, 2.45) is 0 Å². The number of carbonyl (C=O) groups is 4. The molecule has 8 nitrogen and oxygen atoms in total. The maximum Gasteiger partial charge on any atom is 4.00 e. The van der Waals surface area contributed by atoms with Crippen molar-refractivity contribution in [2.75, 3.05) is 0 Å². The molecule has 0 heterocycles. The van der Waals surface area contributed by atoms with Crippen LogP contribution in [-0.4, -0.2) is 35.7 Å². The van der Waals surface area contributed by atoms with Gasteiger partial charge in [-0.1, -0.05) is 54.4 Å². The molecule has 9 heteroatoms. The molecule has 29 heavy (non-hydrogen) atoms. The molecule has 0 aliphatic carbocycles. The van der Waals surface area contributed by atoms with Crippen molar-refractivity contribution in [1.29, 1.82) is 0 Å². The first-order chi connectivity index (χ1) is 12.9. The molecule has 0 aliphatic heterocycles. The number of carboxylic acids is 2. The Kier molecular flexibility index (Phi) is 39.0. The molecule has 0 aliphatic rings. The van der Waals surface area contributed by atoms with Gasteiger partial charge in [0.1, 0.15) is 11.6 Å². The zero-order valence-corrected chi connectivity index (χ0v) is 21.0. The smallest absolute Gasteiger partial charge is 0.852 e. The maximum absolute atomic E-state index is 10.4. The van der Waals surface area contributed by atoms with E-state index in [9.17, 15) is 39.6 Å². The van der Waals surface area contributed by atoms with Gasteiger partial charge in [0.25, 0.3) is 0 Å². The summed E-state index contributed by atoms with van der Waals surface area (Å²) in [6, 6.07) is 0. The monoisotopic (exact) mass is 494 g/mol. The standard InChI is InChI=1S/2C6H10O3.2C4H9O.Zr/c2*1-2-3-5(7)4-6(8)9;2*1-3-4(2)5;/h2*2-4H2,1H3,(H,8,9);2*4H,3H2,1-2H3;/q;;2*-1;+4/p-2. The molecule has 0 fully saturated rings. The molecule has 0 amide bonds. The zero-order chi connectivity index (χ0) is 23.1. The maximum atomic E-state index is 10.4. The summed E-state index contributed by atoms with van der Waals surface area (Å²) in [5.41, 5.74) is 0. The first-order valence-corrected chi connectivity index (χ1v) is 9.62. The number of Topliss-reactive ketones (excluding diaryl/α,β-unsaturated/α-hetero) is 2. The number of rotatable bonds is 10. The summed E-state index contributed by atoms with van der Waals surface area (Å²) < 4.78 is 0. The molecule has 0 bridgehead atoms. The Morgan fingerprint density at radius 3 is 0.966 bits per heavy atom. The first-order valence-electron chi connectivity index (χ1n) is 9.62. The minimum atomic E-state index is -1.28. The number of ketones is 2. The average molecular weight is 496 g/mol. The third-order valence-electron chi connectivity index (χ3n) is 2.89. The van der Waals surface area contributed by atoms with Crippen LogP contribution in [-0.2, 0) is 45.4 Å². The van der Waals surface area contributed by atoms with Crippen LogP contribution in [0.2, 0.25) is 0 Å². The van der Waals surface area contributed by atoms with E-state index in [1.807, 2.05) is 27.7 Å². The van der Waals surface area contributed by atoms with Gasteiger partial charge in [-0.25, -0.2) is 0 Å². The normalized spacial score (nSPS) is 10.8. The largest absolute Gasteiger partial charge is 4.00 e. The Bertz CT molecular complexity index is 371. The van der Waals surface area contributed by atoms with Gasteiger partial charge in [-0.05, 0) is 12.8 Å². The predicted molar refractivity (Wildman–Crippen MR) is 98.6 cm³/mol. The van der Waals surface area contributed by atoms with Crippen molar-refractivity contribution in [1.82, 2.24) is 0 Å². The van der Waals surface area contributed by atoms with Gasteiger partial charge in [-0.3, -0.25) is 9.59 Å². The van der Waals surface area contributed by atoms with Gasteiger partial charge in [0, 0.05) is 37.6 Å². The van der Waals surface area contributed by atoms with Gasteiger partial charge in [0.15, 0.2) is 0 Å². The number of hydrogen-bond acceptors (Lipinski definition) is 8. The quantitative estimate of drug-likeness (QED) is 0.359. The fraction of sp³-hybridized carbons (Fsp3) is 0.800. The van der Waals surface area contributed by atoms with E-state index in [4.69, 9.17) is 0 Å². The van der Waals surface area contributed by atoms with Crippen LogP contribution in [0, 0.1) is 0 Å². The summed E-state index contributed by atoms with van der Waals surface area (Å²) in [5.74, 6) is -3.07. The third-order valence-corrected chi connectivity index (χ3v) is 2.89. The van der Waals surface area contributed by atoms with Crippen molar-refractivity contribution in [3.05, 3.63) is 0 Å². The molecule has 0 spiro atoms. The van der Waals surface area contributed by atoms with Gasteiger partial charge in [-0.15, -0.1) is 12.2 Å². The second kappa shape index (κ2) is 29.3. The SMILES string of the molecule is CCC(C)[O-].CCC(C)[O-].CCCC(=O)CC(=O)[O-].CCCC(=O)CC(=O)[O-].[Zr+4]. The molecule has 2 unspecified atom stereocenters. The summed E-state index contributed by atoms with van der Waals surface area (Å²) in [7, 11) is 0. The molecule has 2 atom stereocenters. The molecular weight excluding hydrogens is 459 g/mol. The van der Waals surface area contributed by atoms with Crippen molar-refractivity contribution in [3.63, 3.8) is 0 Å². The molecular formula is C20H36O8Zr. The summed E-state index contributed by atoms with van der Waals surface area (Å²) in [4.78, 5) is 40.4. The molecule has 0 saturated heterocycles. The van der Waals surface area contributed by atoms with Crippen molar-refractivity contribution < 1.29 is 65.8 Å². The second-order valence-corrected chi connectivity index (χ2v) is 6.11. The van der Waals surface area contributed by atoms with Crippen LogP contribution in [0.15, 0.2) is 0 Å². The van der Waals surface area contributed by atoms with Gasteiger partial charge >= 0.3 is 26.2 Å². The van der Waals surface area contributed by atoms with E-state index in [0.29, 0.717) is 25.7 Å². The van der Waals surface area contributed by atoms with Crippen molar-refractivity contribution in [2.45, 2.75) is 105 Å². The van der Waals surface area contributed by atoms with E-state index in [2.05, 4.69) is 0 Å². The predicted octanol–water partition coefficient (Wildman–Crippen LogP) is -0.721. The van der Waals surface area contributed by atoms with Crippen LogP contribution >= 0.6 is 0 Å². The molecule has 0 radical (unpaired) electrons. The Morgan fingerprint density at radius 2 is 0.862 bits per heavy atom. The second-order valence-electron chi connectivity index (χ2n) is 6.11. The first kappa shape index (κ1) is 38.7. The average Bonchev–Trinajstić information content (AvgIpc) is 2.55. The van der Waals surface area contributed by atoms with Gasteiger partial charge < -0.3 is 30.0 Å². The minimum Gasteiger partial charge on any atom is -0.852 e. The van der Waals surface area contributed by atoms with E-state index >= 15 is 0 Å². The Labute approximate surface area is 194 Å². The van der Waals surface area contributed by atoms with Crippen molar-refractivity contribution >= 4 is 23.5 Å². The fourth-order valence-electron chi connectivity index (χ4n) is 1.06. The molecule has 0 rings (SSSR count). The summed E-state index contributed by atoms with van der Waals surface area (Å²) in [6.07, 6.45) is 1.98.